The Labute approximate surface area is 142 Å². The van der Waals surface area contributed by atoms with Crippen molar-refractivity contribution in [3.8, 4) is 5.75 Å². The van der Waals surface area contributed by atoms with E-state index in [1.807, 2.05) is 29.2 Å². The molecule has 0 aliphatic carbocycles. The molecule has 1 aromatic carbocycles. The summed E-state index contributed by atoms with van der Waals surface area (Å²) in [4.78, 5) is 27.0. The molecular formula is C18H25N3O3. The molecular weight excluding hydrogens is 306 g/mol. The van der Waals surface area contributed by atoms with E-state index in [4.69, 9.17) is 4.74 Å². The van der Waals surface area contributed by atoms with E-state index >= 15 is 0 Å². The molecule has 1 aliphatic heterocycles. The number of amides is 2. The van der Waals surface area contributed by atoms with Crippen molar-refractivity contribution < 1.29 is 14.3 Å². The summed E-state index contributed by atoms with van der Waals surface area (Å²) in [5, 5.41) is 5.54. The fraction of sp³-hybridized carbons (Fsp3) is 0.444. The summed E-state index contributed by atoms with van der Waals surface area (Å²) < 4.78 is 5.42. The van der Waals surface area contributed by atoms with Crippen molar-refractivity contribution in [2.75, 3.05) is 27.2 Å². The highest BCUT2D eigenvalue weighted by Gasteiger charge is 2.39. The van der Waals surface area contributed by atoms with Gasteiger partial charge in [-0.1, -0.05) is 24.3 Å². The number of nitrogens with one attached hydrogen (secondary N) is 2. The minimum atomic E-state index is -0.562. The Kier molecular flexibility index (Phi) is 6.37. The lowest BCUT2D eigenvalue weighted by Gasteiger charge is -2.32. The van der Waals surface area contributed by atoms with Gasteiger partial charge in [0, 0.05) is 25.7 Å². The molecule has 24 heavy (non-hydrogen) atoms. The van der Waals surface area contributed by atoms with Gasteiger partial charge in [-0.05, 0) is 18.9 Å². The molecule has 6 nitrogen and oxygen atoms in total. The van der Waals surface area contributed by atoms with E-state index in [1.165, 1.54) is 0 Å². The third kappa shape index (κ3) is 3.76. The lowest BCUT2D eigenvalue weighted by Crippen LogP contribution is -2.48. The van der Waals surface area contributed by atoms with E-state index in [9.17, 15) is 9.59 Å². The quantitative estimate of drug-likeness (QED) is 0.738. The zero-order chi connectivity index (χ0) is 17.5. The van der Waals surface area contributed by atoms with E-state index < -0.39 is 6.04 Å². The van der Waals surface area contributed by atoms with Crippen molar-refractivity contribution in [1.29, 1.82) is 0 Å². The van der Waals surface area contributed by atoms with E-state index in [2.05, 4.69) is 17.2 Å². The zero-order valence-electron chi connectivity index (χ0n) is 14.2. The van der Waals surface area contributed by atoms with Gasteiger partial charge in [-0.2, -0.15) is 0 Å². The second-order valence-corrected chi connectivity index (χ2v) is 5.69. The highest BCUT2D eigenvalue weighted by Crippen LogP contribution is 2.34. The molecule has 1 fully saturated rings. The van der Waals surface area contributed by atoms with Gasteiger partial charge in [-0.25, -0.2) is 0 Å². The molecule has 2 amide bonds. The first kappa shape index (κ1) is 18.0. The summed E-state index contributed by atoms with van der Waals surface area (Å²) >= 11 is 0. The number of carbonyl (C=O) groups is 2. The average molecular weight is 331 g/mol. The lowest BCUT2D eigenvalue weighted by atomic mass is 10.0. The van der Waals surface area contributed by atoms with Gasteiger partial charge in [0.15, 0.2) is 0 Å². The number of methoxy groups -OCH3 is 1. The first-order valence-electron chi connectivity index (χ1n) is 8.12. The zero-order valence-corrected chi connectivity index (χ0v) is 14.2. The van der Waals surface area contributed by atoms with Gasteiger partial charge < -0.3 is 15.4 Å². The highest BCUT2D eigenvalue weighted by atomic mass is 16.5. The number of likely N-dealkylation sites (tertiary alicyclic amines) is 1. The number of carbonyl (C=O) groups excluding carboxylic acids is 2. The van der Waals surface area contributed by atoms with Crippen LogP contribution in [0.1, 0.15) is 24.4 Å². The number of para-hydroxylation sites is 1. The molecule has 0 radical (unpaired) electrons. The molecule has 130 valence electrons. The fourth-order valence-corrected chi connectivity index (χ4v) is 3.17. The van der Waals surface area contributed by atoms with Gasteiger partial charge in [-0.3, -0.25) is 14.5 Å². The predicted octanol–water partition coefficient (Wildman–Crippen LogP) is 1.25. The van der Waals surface area contributed by atoms with Gasteiger partial charge in [0.2, 0.25) is 11.8 Å². The number of rotatable bonds is 7. The number of likely N-dealkylation sites (N-methyl/N-ethyl adjacent to an activating group) is 1. The van der Waals surface area contributed by atoms with Crippen molar-refractivity contribution in [3.63, 3.8) is 0 Å². The SMILES string of the molecule is C=CCNC(=O)[C@@H]1CCCN1[C@@H](C(=O)NC)c1ccccc1OC. The largest absolute Gasteiger partial charge is 0.496 e. The molecule has 0 bridgehead atoms. The molecule has 0 saturated carbocycles. The summed E-state index contributed by atoms with van der Waals surface area (Å²) in [7, 11) is 3.19. The molecule has 1 aliphatic rings. The lowest BCUT2D eigenvalue weighted by molar-refractivity contribution is -0.131. The number of hydrogen-bond acceptors (Lipinski definition) is 4. The van der Waals surface area contributed by atoms with Gasteiger partial charge in [0.1, 0.15) is 11.8 Å². The predicted molar refractivity (Wildman–Crippen MR) is 92.7 cm³/mol. The Bertz CT molecular complexity index is 603. The van der Waals surface area contributed by atoms with Crippen LogP contribution in [0.15, 0.2) is 36.9 Å². The van der Waals surface area contributed by atoms with Crippen LogP contribution in [0, 0.1) is 0 Å². The van der Waals surface area contributed by atoms with Crippen LogP contribution in [-0.4, -0.2) is 50.0 Å². The maximum atomic E-state index is 12.6. The highest BCUT2D eigenvalue weighted by molar-refractivity contribution is 5.87. The molecule has 0 aromatic heterocycles. The summed E-state index contributed by atoms with van der Waals surface area (Å²) in [6, 6.07) is 6.53. The molecule has 2 N–H and O–H groups in total. The van der Waals surface area contributed by atoms with Crippen molar-refractivity contribution in [3.05, 3.63) is 42.5 Å². The van der Waals surface area contributed by atoms with E-state index in [1.54, 1.807) is 20.2 Å². The normalized spacial score (nSPS) is 18.7. The Morgan fingerprint density at radius 1 is 1.46 bits per heavy atom. The van der Waals surface area contributed by atoms with Crippen molar-refractivity contribution >= 4 is 11.8 Å². The Hall–Kier alpha value is -2.34. The van der Waals surface area contributed by atoms with E-state index in [0.717, 1.165) is 18.4 Å². The average Bonchev–Trinajstić information content (AvgIpc) is 3.09. The fourth-order valence-electron chi connectivity index (χ4n) is 3.17. The number of hydrogen-bond donors (Lipinski definition) is 2. The smallest absolute Gasteiger partial charge is 0.241 e. The molecule has 1 heterocycles. The summed E-state index contributed by atoms with van der Waals surface area (Å²) in [5.41, 5.74) is 0.766. The molecule has 1 aromatic rings. The van der Waals surface area contributed by atoms with Crippen LogP contribution in [0.4, 0.5) is 0 Å². The molecule has 1 saturated heterocycles. The second kappa shape index (κ2) is 8.49. The summed E-state index contributed by atoms with van der Waals surface area (Å²) in [6.45, 7) is 4.72. The third-order valence-corrected chi connectivity index (χ3v) is 4.28. The number of benzene rings is 1. The van der Waals surface area contributed by atoms with Gasteiger partial charge in [-0.15, -0.1) is 6.58 Å². The van der Waals surface area contributed by atoms with Crippen LogP contribution >= 0.6 is 0 Å². The van der Waals surface area contributed by atoms with Gasteiger partial charge >= 0.3 is 0 Å². The summed E-state index contributed by atoms with van der Waals surface area (Å²) in [6.07, 6.45) is 3.24. The van der Waals surface area contributed by atoms with Crippen LogP contribution in [0.25, 0.3) is 0 Å². The van der Waals surface area contributed by atoms with E-state index in [-0.39, 0.29) is 17.9 Å². The Balaban J connectivity index is 2.35. The van der Waals surface area contributed by atoms with Crippen molar-refractivity contribution in [1.82, 2.24) is 15.5 Å². The molecule has 2 rings (SSSR count). The Morgan fingerprint density at radius 2 is 2.21 bits per heavy atom. The van der Waals surface area contributed by atoms with Crippen LogP contribution in [-0.2, 0) is 9.59 Å². The van der Waals surface area contributed by atoms with Crippen LogP contribution in [0.2, 0.25) is 0 Å². The minimum absolute atomic E-state index is 0.0730. The monoisotopic (exact) mass is 331 g/mol. The Morgan fingerprint density at radius 3 is 2.88 bits per heavy atom. The molecule has 0 spiro atoms. The molecule has 0 unspecified atom stereocenters. The third-order valence-electron chi connectivity index (χ3n) is 4.28. The summed E-state index contributed by atoms with van der Waals surface area (Å²) in [5.74, 6) is 0.419. The van der Waals surface area contributed by atoms with Gasteiger partial charge in [0.25, 0.3) is 0 Å². The van der Waals surface area contributed by atoms with Crippen molar-refractivity contribution in [2.45, 2.75) is 24.9 Å². The topological polar surface area (TPSA) is 70.7 Å². The number of nitrogens with zero attached hydrogens (tertiary/aromatic N) is 1. The van der Waals surface area contributed by atoms with Crippen LogP contribution in [0.5, 0.6) is 5.75 Å². The molecule has 6 heteroatoms. The first-order valence-corrected chi connectivity index (χ1v) is 8.12. The van der Waals surface area contributed by atoms with Crippen LogP contribution < -0.4 is 15.4 Å². The van der Waals surface area contributed by atoms with Gasteiger partial charge in [0.05, 0.1) is 13.2 Å². The second-order valence-electron chi connectivity index (χ2n) is 5.69. The van der Waals surface area contributed by atoms with Crippen LogP contribution in [0.3, 0.4) is 0 Å². The van der Waals surface area contributed by atoms with Crippen molar-refractivity contribution in [2.24, 2.45) is 0 Å². The maximum absolute atomic E-state index is 12.6. The minimum Gasteiger partial charge on any atom is -0.496 e. The maximum Gasteiger partial charge on any atom is 0.241 e. The standard InChI is InChI=1S/C18H25N3O3/c1-4-11-20-17(22)14-9-7-12-21(14)16(18(23)19-2)13-8-5-6-10-15(13)24-3/h4-6,8,10,14,16H,1,7,9,11-12H2,2-3H3,(H,19,23)(H,20,22)/t14-,16+/m0/s1. The number of ether oxygens (including phenoxy) is 1. The molecule has 2 atom stereocenters. The first-order chi connectivity index (χ1) is 11.6. The van der Waals surface area contributed by atoms with E-state index in [0.29, 0.717) is 18.8 Å².